The Hall–Kier alpha value is -1.77. The fourth-order valence-electron chi connectivity index (χ4n) is 1.55. The average molecular weight is 320 g/mol. The predicted octanol–water partition coefficient (Wildman–Crippen LogP) is -0.322. The van der Waals surface area contributed by atoms with Gasteiger partial charge in [-0.25, -0.2) is 4.79 Å². The van der Waals surface area contributed by atoms with E-state index in [1.807, 2.05) is 6.26 Å². The van der Waals surface area contributed by atoms with Crippen LogP contribution in [-0.2, 0) is 19.2 Å². The lowest BCUT2D eigenvalue weighted by atomic mass is 10.1. The molecule has 0 aromatic rings. The molecule has 9 heteroatoms. The summed E-state index contributed by atoms with van der Waals surface area (Å²) in [5, 5.41) is 22.3. The number of carboxylic acids is 2. The number of hydrogen-bond donors (Lipinski definition) is 4. The predicted molar refractivity (Wildman–Crippen MR) is 77.0 cm³/mol. The smallest absolute Gasteiger partial charge is 0.326 e. The summed E-state index contributed by atoms with van der Waals surface area (Å²) in [7, 11) is 0. The lowest BCUT2D eigenvalue weighted by molar-refractivity contribution is -0.143. The highest BCUT2D eigenvalue weighted by Gasteiger charge is 2.26. The molecule has 0 aliphatic rings. The minimum absolute atomic E-state index is 0.102. The maximum absolute atomic E-state index is 12.0. The van der Waals surface area contributed by atoms with Crippen molar-refractivity contribution < 1.29 is 29.4 Å². The van der Waals surface area contributed by atoms with E-state index >= 15 is 0 Å². The van der Waals surface area contributed by atoms with E-state index in [4.69, 9.17) is 10.2 Å². The van der Waals surface area contributed by atoms with Gasteiger partial charge in [-0.3, -0.25) is 14.4 Å². The van der Waals surface area contributed by atoms with Crippen LogP contribution >= 0.6 is 11.8 Å². The molecular weight excluding hydrogens is 300 g/mol. The SMILES string of the molecule is CSCC[C@H](NC(=O)[C@H](CCC(=O)O)NC(C)=O)C(=O)O. The molecule has 8 nitrogen and oxygen atoms in total. The number of nitrogens with one attached hydrogen (secondary N) is 2. The minimum Gasteiger partial charge on any atom is -0.481 e. The summed E-state index contributed by atoms with van der Waals surface area (Å²) in [6.45, 7) is 1.20. The number of aliphatic carboxylic acids is 2. The standard InChI is InChI=1S/C12H20N2O6S/c1-7(15)13-8(3-4-10(16)17)11(18)14-9(12(19)20)5-6-21-2/h8-9H,3-6H2,1-2H3,(H,13,15)(H,14,18)(H,16,17)(H,19,20)/t8-,9-/m0/s1. The van der Waals surface area contributed by atoms with Crippen LogP contribution in [0.15, 0.2) is 0 Å². The second-order valence-corrected chi connectivity index (χ2v) is 5.35. The zero-order chi connectivity index (χ0) is 16.4. The summed E-state index contributed by atoms with van der Waals surface area (Å²) in [5.74, 6) is -2.90. The molecule has 0 aromatic heterocycles. The van der Waals surface area contributed by atoms with Crippen LogP contribution in [0, 0.1) is 0 Å². The third-order valence-corrected chi connectivity index (χ3v) is 3.21. The van der Waals surface area contributed by atoms with Gasteiger partial charge in [-0.1, -0.05) is 0 Å². The zero-order valence-electron chi connectivity index (χ0n) is 11.9. The molecule has 0 spiro atoms. The van der Waals surface area contributed by atoms with Crippen molar-refractivity contribution in [3.63, 3.8) is 0 Å². The van der Waals surface area contributed by atoms with Crippen LogP contribution in [0.25, 0.3) is 0 Å². The molecule has 0 aromatic carbocycles. The maximum atomic E-state index is 12.0. The highest BCUT2D eigenvalue weighted by atomic mass is 32.2. The highest BCUT2D eigenvalue weighted by molar-refractivity contribution is 7.98. The van der Waals surface area contributed by atoms with Crippen molar-refractivity contribution in [1.82, 2.24) is 10.6 Å². The molecule has 0 saturated heterocycles. The first-order chi connectivity index (χ1) is 9.77. The summed E-state index contributed by atoms with van der Waals surface area (Å²) >= 11 is 1.45. The molecular formula is C12H20N2O6S. The fourth-order valence-corrected chi connectivity index (χ4v) is 2.02. The summed E-state index contributed by atoms with van der Waals surface area (Å²) in [6, 6.07) is -2.12. The van der Waals surface area contributed by atoms with E-state index in [-0.39, 0.29) is 19.3 Å². The largest absolute Gasteiger partial charge is 0.481 e. The van der Waals surface area contributed by atoms with Crippen molar-refractivity contribution in [2.45, 2.75) is 38.3 Å². The Bertz CT molecular complexity index is 401. The van der Waals surface area contributed by atoms with Crippen LogP contribution in [0.5, 0.6) is 0 Å². The van der Waals surface area contributed by atoms with E-state index in [2.05, 4.69) is 10.6 Å². The van der Waals surface area contributed by atoms with Crippen LogP contribution < -0.4 is 10.6 Å². The van der Waals surface area contributed by atoms with E-state index in [0.29, 0.717) is 5.75 Å². The summed E-state index contributed by atoms with van der Waals surface area (Å²) in [6.07, 6.45) is 1.65. The molecule has 120 valence electrons. The van der Waals surface area contributed by atoms with Crippen LogP contribution in [0.2, 0.25) is 0 Å². The van der Waals surface area contributed by atoms with Gasteiger partial charge in [0.1, 0.15) is 12.1 Å². The number of carboxylic acid groups (broad SMARTS) is 2. The molecule has 0 bridgehead atoms. The first-order valence-corrected chi connectivity index (χ1v) is 7.68. The molecule has 4 N–H and O–H groups in total. The van der Waals surface area contributed by atoms with Gasteiger partial charge in [-0.15, -0.1) is 0 Å². The van der Waals surface area contributed by atoms with Crippen molar-refractivity contribution in [2.24, 2.45) is 0 Å². The van der Waals surface area contributed by atoms with Crippen LogP contribution in [0.1, 0.15) is 26.2 Å². The van der Waals surface area contributed by atoms with Crippen LogP contribution in [0.3, 0.4) is 0 Å². The molecule has 0 radical (unpaired) electrons. The Morgan fingerprint density at radius 1 is 1.05 bits per heavy atom. The van der Waals surface area contributed by atoms with E-state index in [1.165, 1.54) is 18.7 Å². The van der Waals surface area contributed by atoms with E-state index < -0.39 is 35.8 Å². The lowest BCUT2D eigenvalue weighted by Gasteiger charge is -2.20. The number of carbonyl (C=O) groups is 4. The Labute approximate surface area is 126 Å². The lowest BCUT2D eigenvalue weighted by Crippen LogP contribution is -2.51. The number of thioether (sulfide) groups is 1. The average Bonchev–Trinajstić information content (AvgIpc) is 2.38. The quantitative estimate of drug-likeness (QED) is 0.433. The Morgan fingerprint density at radius 2 is 1.67 bits per heavy atom. The molecule has 2 atom stereocenters. The van der Waals surface area contributed by atoms with Crippen LogP contribution in [0.4, 0.5) is 0 Å². The van der Waals surface area contributed by atoms with Crippen molar-refractivity contribution >= 4 is 35.5 Å². The van der Waals surface area contributed by atoms with Gasteiger partial charge in [-0.2, -0.15) is 11.8 Å². The minimum atomic E-state index is -1.17. The summed E-state index contributed by atoms with van der Waals surface area (Å²) < 4.78 is 0. The molecule has 0 aliphatic heterocycles. The molecule has 0 fully saturated rings. The second-order valence-electron chi connectivity index (χ2n) is 4.37. The van der Waals surface area contributed by atoms with E-state index in [1.54, 1.807) is 0 Å². The van der Waals surface area contributed by atoms with Crippen molar-refractivity contribution in [2.75, 3.05) is 12.0 Å². The van der Waals surface area contributed by atoms with Gasteiger partial charge in [0.15, 0.2) is 0 Å². The fraction of sp³-hybridized carbons (Fsp3) is 0.667. The van der Waals surface area contributed by atoms with Crippen molar-refractivity contribution in [3.8, 4) is 0 Å². The third kappa shape index (κ3) is 8.90. The van der Waals surface area contributed by atoms with Crippen LogP contribution in [-0.4, -0.2) is 58.1 Å². The third-order valence-electron chi connectivity index (χ3n) is 2.57. The molecule has 0 heterocycles. The number of hydrogen-bond acceptors (Lipinski definition) is 5. The topological polar surface area (TPSA) is 133 Å². The van der Waals surface area contributed by atoms with Crippen molar-refractivity contribution in [1.29, 1.82) is 0 Å². The van der Waals surface area contributed by atoms with Gasteiger partial charge < -0.3 is 20.8 Å². The van der Waals surface area contributed by atoms with Gasteiger partial charge in [0.2, 0.25) is 11.8 Å². The summed E-state index contributed by atoms with van der Waals surface area (Å²) in [4.78, 5) is 44.6. The second kappa shape index (κ2) is 10.0. The molecule has 0 unspecified atom stereocenters. The van der Waals surface area contributed by atoms with Gasteiger partial charge in [0.05, 0.1) is 0 Å². The first-order valence-electron chi connectivity index (χ1n) is 6.29. The Balaban J connectivity index is 4.70. The zero-order valence-corrected chi connectivity index (χ0v) is 12.7. The molecule has 0 saturated carbocycles. The highest BCUT2D eigenvalue weighted by Crippen LogP contribution is 2.04. The van der Waals surface area contributed by atoms with Gasteiger partial charge in [-0.05, 0) is 24.9 Å². The van der Waals surface area contributed by atoms with Gasteiger partial charge in [0, 0.05) is 13.3 Å². The molecule has 2 amide bonds. The normalized spacial score (nSPS) is 13.0. The Morgan fingerprint density at radius 3 is 2.10 bits per heavy atom. The molecule has 0 rings (SSSR count). The first kappa shape index (κ1) is 19.2. The maximum Gasteiger partial charge on any atom is 0.326 e. The molecule has 21 heavy (non-hydrogen) atoms. The number of carbonyl (C=O) groups excluding carboxylic acids is 2. The number of amides is 2. The molecule has 0 aliphatic carbocycles. The van der Waals surface area contributed by atoms with E-state index in [9.17, 15) is 19.2 Å². The van der Waals surface area contributed by atoms with Gasteiger partial charge in [0.25, 0.3) is 0 Å². The van der Waals surface area contributed by atoms with E-state index in [0.717, 1.165) is 0 Å². The monoisotopic (exact) mass is 320 g/mol. The Kier molecular flexibility index (Phi) is 9.18. The van der Waals surface area contributed by atoms with Crippen molar-refractivity contribution in [3.05, 3.63) is 0 Å². The van der Waals surface area contributed by atoms with Gasteiger partial charge >= 0.3 is 11.9 Å². The summed E-state index contributed by atoms with van der Waals surface area (Å²) in [5.41, 5.74) is 0. The number of rotatable bonds is 10.